The number of phenols is 1. The van der Waals surface area contributed by atoms with Crippen molar-refractivity contribution in [2.45, 2.75) is 50.6 Å². The zero-order valence-electron chi connectivity index (χ0n) is 29.3. The van der Waals surface area contributed by atoms with E-state index in [0.717, 1.165) is 22.3 Å². The maximum atomic E-state index is 13.4. The van der Waals surface area contributed by atoms with Gasteiger partial charge < -0.3 is 39.1 Å². The summed E-state index contributed by atoms with van der Waals surface area (Å²) in [5.41, 5.74) is 5.68. The Morgan fingerprint density at radius 3 is 2.46 bits per heavy atom. The van der Waals surface area contributed by atoms with Crippen LogP contribution in [-0.2, 0) is 23.9 Å². The number of ether oxygens (including phenoxy) is 3. The number of aromatic hydroxyl groups is 1. The minimum Gasteiger partial charge on any atom is -0.508 e. The van der Waals surface area contributed by atoms with Gasteiger partial charge in [-0.3, -0.25) is 19.9 Å². The number of carboxylic acids is 1. The molecular weight excluding hydrogens is 702 g/mol. The standard InChI is InChI=1S/C39H37N3O12/c1-19-12-20(2)14-23(13-19)32-30-22(10-11-41-30)16-42(32)54-36-35(46)34(45)29(18-51-38(49)31(40-3)37(47)48)53-39(36)52-25-8-9-26-28(15-25)50-17-27(33(26)44)21-4-6-24(43)7-5-21/h4-15,17,29,31,34-36,39-40,43,45-46H,16,18H2,1-3H3,(H,47,48). The van der Waals surface area contributed by atoms with E-state index in [1.807, 2.05) is 38.1 Å². The number of carbonyl (C=O) groups is 2. The minimum atomic E-state index is -1.68. The molecule has 15 nitrogen and oxygen atoms in total. The molecule has 6 unspecified atom stereocenters. The van der Waals surface area contributed by atoms with Gasteiger partial charge in [-0.2, -0.15) is 0 Å². The molecule has 0 spiro atoms. The number of allylic oxidation sites excluding steroid dienone is 1. The van der Waals surface area contributed by atoms with Gasteiger partial charge in [0.25, 0.3) is 0 Å². The summed E-state index contributed by atoms with van der Waals surface area (Å²) < 4.78 is 23.4. The van der Waals surface area contributed by atoms with E-state index in [0.29, 0.717) is 17.0 Å². The number of hydrogen-bond acceptors (Lipinski definition) is 14. The Labute approximate surface area is 307 Å². The van der Waals surface area contributed by atoms with Crippen molar-refractivity contribution in [3.63, 3.8) is 0 Å². The second-order valence-corrected chi connectivity index (χ2v) is 13.2. The number of hydrogen-bond donors (Lipinski definition) is 5. The number of likely N-dealkylation sites (N-methyl/N-ethyl adjacent to an activating group) is 1. The lowest BCUT2D eigenvalue weighted by molar-refractivity contribution is -0.323. The third-order valence-electron chi connectivity index (χ3n) is 9.30. The zero-order chi connectivity index (χ0) is 38.3. The van der Waals surface area contributed by atoms with Crippen molar-refractivity contribution in [2.75, 3.05) is 20.2 Å². The van der Waals surface area contributed by atoms with E-state index < -0.39 is 55.3 Å². The van der Waals surface area contributed by atoms with E-state index in [4.69, 9.17) is 23.5 Å². The van der Waals surface area contributed by atoms with Crippen LogP contribution in [0, 0.1) is 13.8 Å². The smallest absolute Gasteiger partial charge is 0.334 e. The van der Waals surface area contributed by atoms with Gasteiger partial charge in [0.05, 0.1) is 28.9 Å². The molecule has 1 aromatic heterocycles. The van der Waals surface area contributed by atoms with Gasteiger partial charge in [-0.05, 0) is 68.9 Å². The molecule has 3 aliphatic rings. The number of aliphatic imine (C=N–C) groups is 1. The predicted octanol–water partition coefficient (Wildman–Crippen LogP) is 2.82. The van der Waals surface area contributed by atoms with Crippen LogP contribution in [0.15, 0.2) is 98.5 Å². The summed E-state index contributed by atoms with van der Waals surface area (Å²) in [6.45, 7) is 3.55. The second-order valence-electron chi connectivity index (χ2n) is 13.2. The Hall–Kier alpha value is -5.84. The molecule has 0 radical (unpaired) electrons. The minimum absolute atomic E-state index is 0.0506. The number of esters is 1. The molecule has 4 heterocycles. The van der Waals surface area contributed by atoms with Crippen LogP contribution in [0.4, 0.5) is 0 Å². The van der Waals surface area contributed by atoms with Gasteiger partial charge >= 0.3 is 11.9 Å². The highest BCUT2D eigenvalue weighted by atomic mass is 16.8. The Morgan fingerprint density at radius 1 is 1.02 bits per heavy atom. The number of carboxylic acid groups (broad SMARTS) is 1. The topological polar surface area (TPSA) is 210 Å². The number of fused-ring (bicyclic) bond motifs is 2. The van der Waals surface area contributed by atoms with Crippen LogP contribution in [0.3, 0.4) is 0 Å². The number of hydroxylamine groups is 2. The lowest BCUT2D eigenvalue weighted by Crippen LogP contribution is -2.62. The van der Waals surface area contributed by atoms with Crippen LogP contribution in [-0.4, -0.2) is 101 Å². The number of phenolic OH excluding ortho intramolecular Hbond substituents is 1. The molecule has 0 amide bonds. The Balaban J connectivity index is 1.20. The van der Waals surface area contributed by atoms with Gasteiger partial charge in [0.2, 0.25) is 12.3 Å². The van der Waals surface area contributed by atoms with Gasteiger partial charge in [-0.15, -0.1) is 0 Å². The summed E-state index contributed by atoms with van der Waals surface area (Å²) >= 11 is 0. The fourth-order valence-electron chi connectivity index (χ4n) is 6.68. The van der Waals surface area contributed by atoms with Crippen LogP contribution < -0.4 is 15.5 Å². The maximum absolute atomic E-state index is 13.4. The average Bonchev–Trinajstić information content (AvgIpc) is 3.72. The van der Waals surface area contributed by atoms with Crippen molar-refractivity contribution in [3.8, 4) is 22.6 Å². The first-order valence-corrected chi connectivity index (χ1v) is 17.0. The summed E-state index contributed by atoms with van der Waals surface area (Å²) in [6.07, 6.45) is -2.74. The number of carbonyl (C=O) groups excluding carboxylic acids is 1. The summed E-state index contributed by atoms with van der Waals surface area (Å²) in [5.74, 6) is -2.41. The van der Waals surface area contributed by atoms with Crippen LogP contribution in [0.1, 0.15) is 16.7 Å². The Bertz CT molecular complexity index is 2240. The van der Waals surface area contributed by atoms with Gasteiger partial charge in [0, 0.05) is 23.4 Å². The lowest BCUT2D eigenvalue weighted by Gasteiger charge is -2.43. The molecule has 3 aliphatic heterocycles. The first kappa shape index (κ1) is 36.5. The summed E-state index contributed by atoms with van der Waals surface area (Å²) in [6, 6.07) is 14.9. The normalized spacial score (nSPS) is 22.6. The predicted molar refractivity (Wildman–Crippen MR) is 193 cm³/mol. The van der Waals surface area contributed by atoms with Gasteiger partial charge in [0.1, 0.15) is 48.3 Å². The van der Waals surface area contributed by atoms with Gasteiger partial charge in [-0.25, -0.2) is 14.7 Å². The highest BCUT2D eigenvalue weighted by Crippen LogP contribution is 2.40. The third kappa shape index (κ3) is 7.10. The number of nitrogens with zero attached hydrogens (tertiary/aromatic N) is 2. The molecule has 0 saturated carbocycles. The van der Waals surface area contributed by atoms with E-state index in [2.05, 4.69) is 10.3 Å². The van der Waals surface area contributed by atoms with Crippen LogP contribution in [0.5, 0.6) is 11.5 Å². The van der Waals surface area contributed by atoms with Crippen molar-refractivity contribution in [1.82, 2.24) is 10.4 Å². The molecule has 7 rings (SSSR count). The fourth-order valence-corrected chi connectivity index (χ4v) is 6.68. The molecule has 280 valence electrons. The lowest BCUT2D eigenvalue weighted by atomic mass is 9.99. The molecule has 6 atom stereocenters. The number of benzene rings is 3. The molecule has 1 fully saturated rings. The Kier molecular flexibility index (Phi) is 10.1. The molecule has 5 N–H and O–H groups in total. The first-order valence-electron chi connectivity index (χ1n) is 17.0. The van der Waals surface area contributed by atoms with E-state index in [1.165, 1.54) is 43.6 Å². The molecular formula is C39H37N3O12. The summed E-state index contributed by atoms with van der Waals surface area (Å²) in [4.78, 5) is 48.4. The molecule has 15 heteroatoms. The van der Waals surface area contributed by atoms with E-state index in [1.54, 1.807) is 23.4 Å². The van der Waals surface area contributed by atoms with Crippen LogP contribution in [0.2, 0.25) is 0 Å². The Morgan fingerprint density at radius 2 is 1.76 bits per heavy atom. The number of aryl methyl sites for hydroxylation is 2. The summed E-state index contributed by atoms with van der Waals surface area (Å²) in [7, 11) is 1.27. The molecule has 0 aliphatic carbocycles. The zero-order valence-corrected chi connectivity index (χ0v) is 29.3. The average molecular weight is 740 g/mol. The van der Waals surface area contributed by atoms with Crippen LogP contribution in [0.25, 0.3) is 27.8 Å². The summed E-state index contributed by atoms with van der Waals surface area (Å²) in [5, 5.41) is 46.0. The van der Waals surface area contributed by atoms with Crippen LogP contribution >= 0.6 is 0 Å². The highest BCUT2D eigenvalue weighted by molar-refractivity contribution is 5.98. The number of aliphatic hydroxyl groups is 2. The number of aliphatic carboxylic acids is 1. The largest absolute Gasteiger partial charge is 0.508 e. The monoisotopic (exact) mass is 739 g/mol. The van der Waals surface area contributed by atoms with E-state index in [-0.39, 0.29) is 40.0 Å². The highest BCUT2D eigenvalue weighted by Gasteiger charge is 2.49. The van der Waals surface area contributed by atoms with Gasteiger partial charge in [-0.1, -0.05) is 29.3 Å². The van der Waals surface area contributed by atoms with Crippen molar-refractivity contribution in [1.29, 1.82) is 0 Å². The molecule has 3 aromatic carbocycles. The number of aliphatic hydroxyl groups excluding tert-OH is 2. The number of nitrogens with one attached hydrogen (secondary N) is 1. The van der Waals surface area contributed by atoms with Crippen molar-refractivity contribution < 1.29 is 53.5 Å². The third-order valence-corrected chi connectivity index (χ3v) is 9.30. The molecule has 4 aromatic rings. The van der Waals surface area contributed by atoms with E-state index >= 15 is 0 Å². The van der Waals surface area contributed by atoms with Crippen molar-refractivity contribution >= 4 is 34.8 Å². The quantitative estimate of drug-likeness (QED) is 0.111. The molecule has 54 heavy (non-hydrogen) atoms. The number of rotatable bonds is 11. The van der Waals surface area contributed by atoms with Gasteiger partial charge in [0.15, 0.2) is 11.5 Å². The second kappa shape index (κ2) is 14.9. The van der Waals surface area contributed by atoms with Crippen molar-refractivity contribution in [2.24, 2.45) is 4.99 Å². The van der Waals surface area contributed by atoms with E-state index in [9.17, 15) is 34.8 Å². The SMILES string of the molecule is CNC(C(=O)O)C(=O)OCC1OC(Oc2ccc3c(=O)c(-c4ccc(O)cc4)coc3c2)C(ON2CC3=CC=NC3=C2c2cc(C)cc(C)c2)C(O)C1O. The molecule has 0 bridgehead atoms. The van der Waals surface area contributed by atoms with Crippen molar-refractivity contribution in [3.05, 3.63) is 111 Å². The molecule has 1 saturated heterocycles. The fraction of sp³-hybridized carbons (Fsp3) is 0.282. The maximum Gasteiger partial charge on any atom is 0.334 e. The first-order chi connectivity index (χ1) is 25.9.